The van der Waals surface area contributed by atoms with E-state index in [-0.39, 0.29) is 18.1 Å². The maximum absolute atomic E-state index is 13.2. The zero-order valence-electron chi connectivity index (χ0n) is 21.0. The Morgan fingerprint density at radius 3 is 1.89 bits per heavy atom. The Morgan fingerprint density at radius 1 is 0.889 bits per heavy atom. The number of nitrogens with one attached hydrogen (secondary N) is 3. The van der Waals surface area contributed by atoms with Gasteiger partial charge in [-0.2, -0.15) is 0 Å². The van der Waals surface area contributed by atoms with Crippen molar-refractivity contribution in [1.29, 1.82) is 0 Å². The number of phenols is 1. The van der Waals surface area contributed by atoms with Crippen LogP contribution < -0.4 is 27.4 Å². The molecule has 9 N–H and O–H groups in total. The molecule has 12 nitrogen and oxygen atoms in total. The Hall–Kier alpha value is -3.67. The average Bonchev–Trinajstić information content (AvgIpc) is 2.80. The van der Waals surface area contributed by atoms with Crippen molar-refractivity contribution in [2.45, 2.75) is 71.1 Å². The van der Waals surface area contributed by atoms with E-state index in [1.807, 2.05) is 6.92 Å². The summed E-state index contributed by atoms with van der Waals surface area (Å²) in [5.41, 5.74) is 11.8. The first-order valence-corrected chi connectivity index (χ1v) is 11.7. The minimum Gasteiger partial charge on any atom is -0.508 e. The molecule has 1 aromatic rings. The Bertz CT molecular complexity index is 935. The number of rotatable bonds is 14. The second kappa shape index (κ2) is 14.0. The number of hydrogen-bond donors (Lipinski definition) is 7. The average molecular weight is 508 g/mol. The van der Waals surface area contributed by atoms with Crippen LogP contribution >= 0.6 is 0 Å². The SMILES string of the molecule is CCC(C)C(N)C(=O)NC(Cc1ccc(O)cc1)C(=O)NC(CC(N)=O)C(=O)NC(C(=O)O)C(C)C. The number of hydrogen-bond acceptors (Lipinski definition) is 7. The van der Waals surface area contributed by atoms with Crippen LogP contribution in [0.25, 0.3) is 0 Å². The van der Waals surface area contributed by atoms with E-state index in [4.69, 9.17) is 11.5 Å². The summed E-state index contributed by atoms with van der Waals surface area (Å²) in [6.07, 6.45) is 0.0267. The number of carbonyl (C=O) groups is 5. The molecule has 0 saturated heterocycles. The number of carboxylic acids is 1. The number of aromatic hydroxyl groups is 1. The Kier molecular flexibility index (Phi) is 11.8. The zero-order chi connectivity index (χ0) is 27.6. The van der Waals surface area contributed by atoms with Gasteiger partial charge in [0.05, 0.1) is 12.5 Å². The summed E-state index contributed by atoms with van der Waals surface area (Å²) in [4.78, 5) is 61.8. The van der Waals surface area contributed by atoms with Gasteiger partial charge in [-0.25, -0.2) is 4.79 Å². The molecule has 0 aliphatic carbocycles. The highest BCUT2D eigenvalue weighted by atomic mass is 16.4. The lowest BCUT2D eigenvalue weighted by Crippen LogP contribution is -2.59. The van der Waals surface area contributed by atoms with E-state index in [1.165, 1.54) is 12.1 Å². The van der Waals surface area contributed by atoms with Crippen LogP contribution in [0.2, 0.25) is 0 Å². The van der Waals surface area contributed by atoms with Crippen molar-refractivity contribution in [3.8, 4) is 5.75 Å². The number of carboxylic acid groups (broad SMARTS) is 1. The Morgan fingerprint density at radius 2 is 1.42 bits per heavy atom. The molecule has 0 fully saturated rings. The van der Waals surface area contributed by atoms with Crippen molar-refractivity contribution >= 4 is 29.6 Å². The third-order valence-corrected chi connectivity index (χ3v) is 5.84. The molecule has 0 aromatic heterocycles. The normalized spacial score (nSPS) is 15.2. The van der Waals surface area contributed by atoms with Crippen LogP contribution in [0.4, 0.5) is 0 Å². The number of primary amides is 1. The topological polar surface area (TPSA) is 214 Å². The molecule has 0 bridgehead atoms. The van der Waals surface area contributed by atoms with Crippen LogP contribution in [0.1, 0.15) is 46.1 Å². The maximum Gasteiger partial charge on any atom is 0.326 e. The van der Waals surface area contributed by atoms with E-state index in [0.29, 0.717) is 12.0 Å². The number of amides is 4. The molecule has 4 amide bonds. The number of nitrogens with two attached hydrogens (primary N) is 2. The minimum absolute atomic E-state index is 0.0129. The van der Waals surface area contributed by atoms with Crippen molar-refractivity contribution < 1.29 is 34.2 Å². The van der Waals surface area contributed by atoms with Crippen LogP contribution in [0.3, 0.4) is 0 Å². The molecule has 200 valence electrons. The summed E-state index contributed by atoms with van der Waals surface area (Å²) < 4.78 is 0. The summed E-state index contributed by atoms with van der Waals surface area (Å²) >= 11 is 0. The Labute approximate surface area is 210 Å². The van der Waals surface area contributed by atoms with E-state index in [0.717, 1.165) is 0 Å². The third kappa shape index (κ3) is 9.53. The van der Waals surface area contributed by atoms with E-state index in [2.05, 4.69) is 16.0 Å². The van der Waals surface area contributed by atoms with Crippen LogP contribution in [-0.2, 0) is 30.4 Å². The van der Waals surface area contributed by atoms with Crippen molar-refractivity contribution in [3.05, 3.63) is 29.8 Å². The largest absolute Gasteiger partial charge is 0.508 e. The molecule has 36 heavy (non-hydrogen) atoms. The molecule has 0 aliphatic rings. The molecule has 5 atom stereocenters. The fourth-order valence-electron chi connectivity index (χ4n) is 3.31. The van der Waals surface area contributed by atoms with E-state index >= 15 is 0 Å². The molecule has 5 unspecified atom stereocenters. The quantitative estimate of drug-likeness (QED) is 0.172. The number of aliphatic carboxylic acids is 1. The first-order valence-electron chi connectivity index (χ1n) is 11.7. The number of benzene rings is 1. The molecular formula is C24H37N5O7. The first-order chi connectivity index (χ1) is 16.8. The number of phenolic OH excluding ortho intramolecular Hbond substituents is 1. The zero-order valence-corrected chi connectivity index (χ0v) is 21.0. The van der Waals surface area contributed by atoms with Gasteiger partial charge in [-0.1, -0.05) is 46.2 Å². The van der Waals surface area contributed by atoms with Crippen LogP contribution in [-0.4, -0.2) is 64.0 Å². The van der Waals surface area contributed by atoms with E-state index < -0.39 is 66.1 Å². The fourth-order valence-corrected chi connectivity index (χ4v) is 3.31. The van der Waals surface area contributed by atoms with Gasteiger partial charge in [-0.05, 0) is 29.5 Å². The molecule has 0 radical (unpaired) electrons. The van der Waals surface area contributed by atoms with Crippen LogP contribution in [0, 0.1) is 11.8 Å². The van der Waals surface area contributed by atoms with Gasteiger partial charge >= 0.3 is 5.97 Å². The summed E-state index contributed by atoms with van der Waals surface area (Å²) in [6.45, 7) is 6.84. The second-order valence-corrected chi connectivity index (χ2v) is 9.14. The van der Waals surface area contributed by atoms with Crippen molar-refractivity contribution in [2.75, 3.05) is 0 Å². The lowest BCUT2D eigenvalue weighted by atomic mass is 9.98. The van der Waals surface area contributed by atoms with Crippen molar-refractivity contribution in [3.63, 3.8) is 0 Å². The fraction of sp³-hybridized carbons (Fsp3) is 0.542. The molecule has 0 spiro atoms. The molecule has 0 heterocycles. The molecule has 0 saturated carbocycles. The van der Waals surface area contributed by atoms with Crippen LogP contribution in [0.15, 0.2) is 24.3 Å². The summed E-state index contributed by atoms with van der Waals surface area (Å²) in [5, 5.41) is 26.2. The molecule has 1 rings (SSSR count). The highest BCUT2D eigenvalue weighted by Crippen LogP contribution is 2.13. The molecular weight excluding hydrogens is 470 g/mol. The van der Waals surface area contributed by atoms with Gasteiger partial charge in [0.2, 0.25) is 23.6 Å². The second-order valence-electron chi connectivity index (χ2n) is 9.14. The lowest BCUT2D eigenvalue weighted by molar-refractivity contribution is -0.143. The van der Waals surface area contributed by atoms with E-state index in [1.54, 1.807) is 32.9 Å². The monoisotopic (exact) mass is 507 g/mol. The predicted octanol–water partition coefficient (Wildman–Crippen LogP) is -0.621. The molecule has 0 aliphatic heterocycles. The van der Waals surface area contributed by atoms with Gasteiger partial charge in [0.15, 0.2) is 0 Å². The predicted molar refractivity (Wildman–Crippen MR) is 131 cm³/mol. The minimum atomic E-state index is -1.47. The molecule has 12 heteroatoms. The molecule has 1 aromatic carbocycles. The standard InChI is InChI=1S/C24H37N5O7/c1-5-13(4)19(26)23(34)28-16(10-14-6-8-15(30)9-7-14)21(32)27-17(11-18(25)31)22(33)29-20(12(2)3)24(35)36/h6-9,12-13,16-17,19-20,30H,5,10-11,26H2,1-4H3,(H2,25,31)(H,27,32)(H,28,34)(H,29,33)(H,35,36). The summed E-state index contributed by atoms with van der Waals surface area (Å²) in [7, 11) is 0. The van der Waals surface area contributed by atoms with Gasteiger partial charge in [0.25, 0.3) is 0 Å². The van der Waals surface area contributed by atoms with Crippen LogP contribution in [0.5, 0.6) is 5.75 Å². The summed E-state index contributed by atoms with van der Waals surface area (Å²) in [6, 6.07) is 1.13. The number of carbonyl (C=O) groups excluding carboxylic acids is 4. The van der Waals surface area contributed by atoms with Gasteiger partial charge in [0.1, 0.15) is 23.9 Å². The third-order valence-electron chi connectivity index (χ3n) is 5.84. The highest BCUT2D eigenvalue weighted by molar-refractivity contribution is 5.96. The maximum atomic E-state index is 13.2. The Balaban J connectivity index is 3.17. The van der Waals surface area contributed by atoms with Gasteiger partial charge < -0.3 is 37.6 Å². The van der Waals surface area contributed by atoms with Gasteiger partial charge in [0, 0.05) is 6.42 Å². The first kappa shape index (κ1) is 30.4. The van der Waals surface area contributed by atoms with Gasteiger partial charge in [-0.3, -0.25) is 19.2 Å². The summed E-state index contributed by atoms with van der Waals surface area (Å²) in [5.74, 6) is -5.09. The lowest BCUT2D eigenvalue weighted by Gasteiger charge is -2.26. The van der Waals surface area contributed by atoms with E-state index in [9.17, 15) is 34.2 Å². The smallest absolute Gasteiger partial charge is 0.326 e. The van der Waals surface area contributed by atoms with Crippen molar-refractivity contribution in [1.82, 2.24) is 16.0 Å². The van der Waals surface area contributed by atoms with Gasteiger partial charge in [-0.15, -0.1) is 0 Å². The van der Waals surface area contributed by atoms with Crippen molar-refractivity contribution in [2.24, 2.45) is 23.3 Å². The highest BCUT2D eigenvalue weighted by Gasteiger charge is 2.32.